The summed E-state index contributed by atoms with van der Waals surface area (Å²) in [5, 5.41) is 5.38. The largest absolute Gasteiger partial charge is 0.497 e. The molecule has 34 heavy (non-hydrogen) atoms. The molecule has 1 aromatic heterocycles. The van der Waals surface area contributed by atoms with Gasteiger partial charge in [0.1, 0.15) is 18.0 Å². The highest BCUT2D eigenvalue weighted by Crippen LogP contribution is 2.26. The van der Waals surface area contributed by atoms with E-state index in [0.717, 1.165) is 16.0 Å². The van der Waals surface area contributed by atoms with E-state index >= 15 is 0 Å². The summed E-state index contributed by atoms with van der Waals surface area (Å²) in [6.07, 6.45) is 0. The number of rotatable bonds is 10. The number of aryl methyl sites for hydroxylation is 1. The van der Waals surface area contributed by atoms with Crippen molar-refractivity contribution in [1.82, 2.24) is 10.6 Å². The number of hydrogen-bond acceptors (Lipinski definition) is 7. The minimum absolute atomic E-state index is 0.330. The van der Waals surface area contributed by atoms with Gasteiger partial charge in [-0.2, -0.15) is 0 Å². The highest BCUT2D eigenvalue weighted by atomic mass is 32.1. The highest BCUT2D eigenvalue weighted by molar-refractivity contribution is 7.13. The van der Waals surface area contributed by atoms with Crippen LogP contribution in [0.25, 0.3) is 0 Å². The molecule has 0 aliphatic rings. The van der Waals surface area contributed by atoms with Crippen LogP contribution in [0.2, 0.25) is 0 Å². The fourth-order valence-corrected chi connectivity index (χ4v) is 3.93. The van der Waals surface area contributed by atoms with Gasteiger partial charge < -0.3 is 24.8 Å². The minimum atomic E-state index is -0.706. The molecule has 0 saturated carbocycles. The summed E-state index contributed by atoms with van der Waals surface area (Å²) in [6, 6.07) is 17.6. The first-order chi connectivity index (χ1) is 16.4. The van der Waals surface area contributed by atoms with Gasteiger partial charge in [0.15, 0.2) is 6.61 Å². The van der Waals surface area contributed by atoms with Crippen LogP contribution in [0.4, 0.5) is 0 Å². The zero-order chi connectivity index (χ0) is 24.5. The predicted molar refractivity (Wildman–Crippen MR) is 128 cm³/mol. The standard InChI is InChI=1S/C25H26N2O6S/c1-16-4-13-21(34-16)25(30)26-14-23(29)33-15-22(28)27-24(17-5-9-19(31-2)10-6-17)18-7-11-20(32-3)12-8-18/h4-13,24H,14-15H2,1-3H3,(H,26,30)(H,27,28). The maximum absolute atomic E-state index is 12.6. The van der Waals surface area contributed by atoms with E-state index in [1.165, 1.54) is 11.3 Å². The number of amides is 2. The van der Waals surface area contributed by atoms with Crippen LogP contribution >= 0.6 is 11.3 Å². The molecule has 0 saturated heterocycles. The van der Waals surface area contributed by atoms with E-state index in [0.29, 0.717) is 16.4 Å². The Labute approximate surface area is 201 Å². The number of benzene rings is 2. The summed E-state index contributed by atoms with van der Waals surface area (Å²) in [5.74, 6) is -0.166. The molecule has 1 heterocycles. The summed E-state index contributed by atoms with van der Waals surface area (Å²) in [5.41, 5.74) is 1.65. The van der Waals surface area contributed by atoms with Crippen molar-refractivity contribution in [2.75, 3.05) is 27.4 Å². The monoisotopic (exact) mass is 482 g/mol. The zero-order valence-corrected chi connectivity index (χ0v) is 19.9. The van der Waals surface area contributed by atoms with Crippen molar-refractivity contribution in [3.05, 3.63) is 81.5 Å². The average molecular weight is 483 g/mol. The first-order valence-corrected chi connectivity index (χ1v) is 11.3. The molecule has 0 radical (unpaired) electrons. The first-order valence-electron chi connectivity index (χ1n) is 10.5. The van der Waals surface area contributed by atoms with Gasteiger partial charge in [-0.3, -0.25) is 14.4 Å². The molecule has 3 aromatic rings. The molecule has 0 aliphatic heterocycles. The van der Waals surface area contributed by atoms with E-state index < -0.39 is 24.5 Å². The molecule has 0 bridgehead atoms. The summed E-state index contributed by atoms with van der Waals surface area (Å²) >= 11 is 1.33. The van der Waals surface area contributed by atoms with Crippen molar-refractivity contribution in [1.29, 1.82) is 0 Å². The third-order valence-electron chi connectivity index (χ3n) is 4.93. The lowest BCUT2D eigenvalue weighted by Crippen LogP contribution is -2.35. The van der Waals surface area contributed by atoms with Gasteiger partial charge in [0.2, 0.25) is 0 Å². The number of esters is 1. The van der Waals surface area contributed by atoms with Crippen molar-refractivity contribution < 1.29 is 28.6 Å². The molecule has 178 valence electrons. The van der Waals surface area contributed by atoms with E-state index in [2.05, 4.69) is 10.6 Å². The average Bonchev–Trinajstić information content (AvgIpc) is 3.31. The zero-order valence-electron chi connectivity index (χ0n) is 19.1. The summed E-state index contributed by atoms with van der Waals surface area (Å²) in [7, 11) is 3.16. The first kappa shape index (κ1) is 24.8. The topological polar surface area (TPSA) is 103 Å². The van der Waals surface area contributed by atoms with E-state index in [1.807, 2.05) is 37.3 Å². The Kier molecular flexibility index (Phi) is 8.64. The van der Waals surface area contributed by atoms with Crippen LogP contribution in [0.1, 0.15) is 31.7 Å². The van der Waals surface area contributed by atoms with E-state index in [4.69, 9.17) is 14.2 Å². The molecule has 2 N–H and O–H groups in total. The lowest BCUT2D eigenvalue weighted by Gasteiger charge is -2.20. The molecule has 0 aliphatic carbocycles. The van der Waals surface area contributed by atoms with Gasteiger partial charge >= 0.3 is 5.97 Å². The summed E-state index contributed by atoms with van der Waals surface area (Å²) in [6.45, 7) is 1.08. The van der Waals surface area contributed by atoms with Gasteiger partial charge in [-0.1, -0.05) is 24.3 Å². The Hall–Kier alpha value is -3.85. The lowest BCUT2D eigenvalue weighted by atomic mass is 9.98. The second-order valence-electron chi connectivity index (χ2n) is 7.30. The number of thiophene rings is 1. The Morgan fingerprint density at radius 1 is 0.853 bits per heavy atom. The smallest absolute Gasteiger partial charge is 0.325 e. The highest BCUT2D eigenvalue weighted by Gasteiger charge is 2.19. The van der Waals surface area contributed by atoms with Crippen molar-refractivity contribution >= 4 is 29.1 Å². The molecular weight excluding hydrogens is 456 g/mol. The number of ether oxygens (including phenoxy) is 3. The number of methoxy groups -OCH3 is 2. The Bertz CT molecular complexity index is 1080. The fraction of sp³-hybridized carbons (Fsp3) is 0.240. The second kappa shape index (κ2) is 11.9. The van der Waals surface area contributed by atoms with Crippen LogP contribution in [0.5, 0.6) is 11.5 Å². The van der Waals surface area contributed by atoms with Gasteiger partial charge in [-0.05, 0) is 54.4 Å². The summed E-state index contributed by atoms with van der Waals surface area (Å²) in [4.78, 5) is 38.1. The SMILES string of the molecule is COc1ccc(C(NC(=O)COC(=O)CNC(=O)c2ccc(C)s2)c2ccc(OC)cc2)cc1. The Balaban J connectivity index is 1.59. The van der Waals surface area contributed by atoms with Crippen molar-refractivity contribution in [2.45, 2.75) is 13.0 Å². The van der Waals surface area contributed by atoms with Crippen LogP contribution in [0.15, 0.2) is 60.7 Å². The van der Waals surface area contributed by atoms with Crippen molar-refractivity contribution in [3.8, 4) is 11.5 Å². The molecule has 0 atom stereocenters. The normalized spacial score (nSPS) is 10.5. The van der Waals surface area contributed by atoms with Crippen molar-refractivity contribution in [3.63, 3.8) is 0 Å². The van der Waals surface area contributed by atoms with Crippen LogP contribution in [0.3, 0.4) is 0 Å². The van der Waals surface area contributed by atoms with Gasteiger partial charge in [0.05, 0.1) is 25.1 Å². The number of hydrogen-bond donors (Lipinski definition) is 2. The van der Waals surface area contributed by atoms with E-state index in [9.17, 15) is 14.4 Å². The van der Waals surface area contributed by atoms with Crippen LogP contribution in [-0.4, -0.2) is 45.2 Å². The van der Waals surface area contributed by atoms with Gasteiger partial charge in [-0.15, -0.1) is 11.3 Å². The molecule has 9 heteroatoms. The minimum Gasteiger partial charge on any atom is -0.497 e. The predicted octanol–water partition coefficient (Wildman–Crippen LogP) is 3.25. The van der Waals surface area contributed by atoms with Crippen LogP contribution in [-0.2, 0) is 14.3 Å². The molecule has 0 spiro atoms. The molecule has 2 aromatic carbocycles. The molecule has 0 fully saturated rings. The summed E-state index contributed by atoms with van der Waals surface area (Å²) < 4.78 is 15.5. The number of carbonyl (C=O) groups is 3. The quantitative estimate of drug-likeness (QED) is 0.430. The molecular formula is C25H26N2O6S. The van der Waals surface area contributed by atoms with E-state index in [-0.39, 0.29) is 12.5 Å². The molecule has 2 amide bonds. The van der Waals surface area contributed by atoms with Gasteiger partial charge in [0.25, 0.3) is 11.8 Å². The maximum atomic E-state index is 12.6. The second-order valence-corrected chi connectivity index (χ2v) is 8.59. The van der Waals surface area contributed by atoms with Crippen molar-refractivity contribution in [2.24, 2.45) is 0 Å². The third-order valence-corrected chi connectivity index (χ3v) is 5.92. The maximum Gasteiger partial charge on any atom is 0.325 e. The van der Waals surface area contributed by atoms with Gasteiger partial charge in [0, 0.05) is 4.88 Å². The van der Waals surface area contributed by atoms with E-state index in [1.54, 1.807) is 44.6 Å². The Morgan fingerprint density at radius 3 is 1.88 bits per heavy atom. The fourth-order valence-electron chi connectivity index (χ4n) is 3.15. The van der Waals surface area contributed by atoms with Crippen LogP contribution < -0.4 is 20.1 Å². The van der Waals surface area contributed by atoms with Gasteiger partial charge in [-0.25, -0.2) is 0 Å². The number of carbonyl (C=O) groups excluding carboxylic acids is 3. The lowest BCUT2D eigenvalue weighted by molar-refractivity contribution is -0.147. The van der Waals surface area contributed by atoms with Crippen LogP contribution in [0, 0.1) is 6.92 Å². The number of nitrogens with one attached hydrogen (secondary N) is 2. The molecule has 0 unspecified atom stereocenters. The third kappa shape index (κ3) is 6.82. The molecule has 8 nitrogen and oxygen atoms in total. The molecule has 3 rings (SSSR count). The Morgan fingerprint density at radius 2 is 1.41 bits per heavy atom.